The molecule has 1 N–H and O–H groups in total. The van der Waals surface area contributed by atoms with Crippen molar-refractivity contribution < 1.29 is 0 Å². The van der Waals surface area contributed by atoms with Gasteiger partial charge in [0.2, 0.25) is 0 Å². The molecule has 1 aromatic rings. The minimum absolute atomic E-state index is 0.566. The lowest BCUT2D eigenvalue weighted by molar-refractivity contribution is 0.707. The molecule has 0 fully saturated rings. The van der Waals surface area contributed by atoms with Gasteiger partial charge in [-0.15, -0.1) is 11.5 Å². The normalized spacial score (nSPS) is 9.45. The largest absolute Gasteiger partial charge is 0.300 e. The van der Waals surface area contributed by atoms with Crippen LogP contribution in [-0.4, -0.2) is 21.5 Å². The number of hydrogen-bond donors (Lipinski definition) is 1. The van der Waals surface area contributed by atoms with E-state index in [0.717, 1.165) is 5.69 Å². The van der Waals surface area contributed by atoms with Crippen LogP contribution in [0.2, 0.25) is 0 Å². The van der Waals surface area contributed by atoms with E-state index in [-0.39, 0.29) is 0 Å². The third-order valence-electron chi connectivity index (χ3n) is 1.18. The van der Waals surface area contributed by atoms with Gasteiger partial charge < -0.3 is 5.32 Å². The van der Waals surface area contributed by atoms with Crippen LogP contribution >= 0.6 is 0 Å². The predicted octanol–water partition coefficient (Wildman–Crippen LogP) is -0.462. The third kappa shape index (κ3) is 2.40. The van der Waals surface area contributed by atoms with E-state index >= 15 is 0 Å². The predicted molar refractivity (Wildman–Crippen MR) is 41.5 cm³/mol. The van der Waals surface area contributed by atoms with Gasteiger partial charge in [0, 0.05) is 19.8 Å². The van der Waals surface area contributed by atoms with Crippen LogP contribution in [0.1, 0.15) is 5.69 Å². The number of nitrogens with one attached hydrogen (secondary N) is 1. The fourth-order valence-electron chi connectivity index (χ4n) is 0.739. The molecule has 0 aromatic carbocycles. The minimum Gasteiger partial charge on any atom is -0.300 e. The van der Waals surface area contributed by atoms with Crippen molar-refractivity contribution in [2.75, 3.05) is 6.54 Å². The third-order valence-corrected chi connectivity index (χ3v) is 1.18. The van der Waals surface area contributed by atoms with Gasteiger partial charge in [0.1, 0.15) is 0 Å². The van der Waals surface area contributed by atoms with Gasteiger partial charge in [0.25, 0.3) is 0 Å². The average molecular weight is 150 g/mol. The van der Waals surface area contributed by atoms with E-state index < -0.39 is 0 Å². The number of aromatic nitrogens is 3. The fourth-order valence-corrected chi connectivity index (χ4v) is 0.739. The van der Waals surface area contributed by atoms with Crippen molar-refractivity contribution >= 4 is 0 Å². The van der Waals surface area contributed by atoms with Crippen LogP contribution in [0.15, 0.2) is 6.20 Å². The zero-order chi connectivity index (χ0) is 8.10. The molecule has 4 heteroatoms. The Kier molecular flexibility index (Phi) is 2.64. The molecule has 0 atom stereocenters. The minimum atomic E-state index is 0.566. The highest BCUT2D eigenvalue weighted by molar-refractivity contribution is 4.93. The van der Waals surface area contributed by atoms with E-state index in [2.05, 4.69) is 21.5 Å². The highest BCUT2D eigenvalue weighted by Crippen LogP contribution is 1.88. The Bertz CT molecular complexity index is 258. The monoisotopic (exact) mass is 150 g/mol. The van der Waals surface area contributed by atoms with Crippen molar-refractivity contribution in [2.24, 2.45) is 7.05 Å². The smallest absolute Gasteiger partial charge is 0.0965 e. The molecule has 0 saturated heterocycles. The molecule has 1 heterocycles. The molecule has 1 aromatic heterocycles. The van der Waals surface area contributed by atoms with Crippen LogP contribution in [0, 0.1) is 12.3 Å². The molecule has 0 amide bonds. The Labute approximate surface area is 65.6 Å². The van der Waals surface area contributed by atoms with Crippen molar-refractivity contribution in [3.63, 3.8) is 0 Å². The molecule has 0 aliphatic carbocycles. The van der Waals surface area contributed by atoms with E-state index in [0.29, 0.717) is 13.1 Å². The summed E-state index contributed by atoms with van der Waals surface area (Å²) in [5.74, 6) is 2.48. The Morgan fingerprint density at radius 3 is 3.18 bits per heavy atom. The van der Waals surface area contributed by atoms with Crippen LogP contribution in [0.3, 0.4) is 0 Å². The second-order valence-corrected chi connectivity index (χ2v) is 2.19. The van der Waals surface area contributed by atoms with Gasteiger partial charge in [-0.2, -0.15) is 0 Å². The number of hydrogen-bond acceptors (Lipinski definition) is 3. The van der Waals surface area contributed by atoms with Gasteiger partial charge in [-0.1, -0.05) is 11.1 Å². The van der Waals surface area contributed by atoms with Crippen molar-refractivity contribution in [2.45, 2.75) is 6.54 Å². The molecule has 11 heavy (non-hydrogen) atoms. The molecule has 0 aliphatic rings. The highest BCUT2D eigenvalue weighted by atomic mass is 15.4. The van der Waals surface area contributed by atoms with Crippen LogP contribution in [0.5, 0.6) is 0 Å². The lowest BCUT2D eigenvalue weighted by Gasteiger charge is -1.92. The summed E-state index contributed by atoms with van der Waals surface area (Å²) in [4.78, 5) is 0. The fraction of sp³-hybridized carbons (Fsp3) is 0.429. The molecule has 4 nitrogen and oxygen atoms in total. The van der Waals surface area contributed by atoms with Gasteiger partial charge in [-0.3, -0.25) is 4.68 Å². The van der Waals surface area contributed by atoms with Crippen molar-refractivity contribution in [1.82, 2.24) is 20.3 Å². The maximum Gasteiger partial charge on any atom is 0.0965 e. The molecule has 0 saturated carbocycles. The molecule has 58 valence electrons. The van der Waals surface area contributed by atoms with Crippen LogP contribution in [-0.2, 0) is 13.6 Å². The number of rotatable bonds is 3. The van der Waals surface area contributed by atoms with Crippen molar-refractivity contribution in [3.8, 4) is 12.3 Å². The Morgan fingerprint density at radius 2 is 2.64 bits per heavy atom. The van der Waals surface area contributed by atoms with E-state index in [4.69, 9.17) is 6.42 Å². The van der Waals surface area contributed by atoms with Gasteiger partial charge in [-0.05, 0) is 0 Å². The number of aryl methyl sites for hydroxylation is 1. The summed E-state index contributed by atoms with van der Waals surface area (Å²) in [6.45, 7) is 1.24. The van der Waals surface area contributed by atoms with Crippen molar-refractivity contribution in [1.29, 1.82) is 0 Å². The first kappa shape index (κ1) is 7.76. The molecular formula is C7H10N4. The summed E-state index contributed by atoms with van der Waals surface area (Å²) in [5.41, 5.74) is 0.905. The van der Waals surface area contributed by atoms with Crippen LogP contribution < -0.4 is 5.32 Å². The first-order valence-electron chi connectivity index (χ1n) is 3.32. The van der Waals surface area contributed by atoms with E-state index in [1.54, 1.807) is 4.68 Å². The summed E-state index contributed by atoms with van der Waals surface area (Å²) in [7, 11) is 1.83. The summed E-state index contributed by atoms with van der Waals surface area (Å²) in [6, 6.07) is 0. The molecule has 0 unspecified atom stereocenters. The highest BCUT2D eigenvalue weighted by Gasteiger charge is 1.94. The maximum atomic E-state index is 5.04. The Morgan fingerprint density at radius 1 is 1.82 bits per heavy atom. The summed E-state index contributed by atoms with van der Waals surface area (Å²) in [6.07, 6.45) is 6.89. The average Bonchev–Trinajstić information content (AvgIpc) is 2.37. The van der Waals surface area contributed by atoms with Crippen LogP contribution in [0.25, 0.3) is 0 Å². The maximum absolute atomic E-state index is 5.04. The lowest BCUT2D eigenvalue weighted by Crippen LogP contribution is -2.13. The Hall–Kier alpha value is -1.34. The van der Waals surface area contributed by atoms with Crippen molar-refractivity contribution in [3.05, 3.63) is 11.9 Å². The lowest BCUT2D eigenvalue weighted by atomic mass is 10.4. The van der Waals surface area contributed by atoms with E-state index in [1.807, 2.05) is 13.2 Å². The SMILES string of the molecule is C#CCNCc1cn(C)nn1. The molecule has 1 rings (SSSR count). The van der Waals surface area contributed by atoms with Gasteiger partial charge in [0.15, 0.2) is 0 Å². The molecule has 0 spiro atoms. The second-order valence-electron chi connectivity index (χ2n) is 2.19. The standard InChI is InChI=1S/C7H10N4/c1-3-4-8-5-7-6-11(2)10-9-7/h1,6,8H,4-5H2,2H3. The molecular weight excluding hydrogens is 140 g/mol. The molecule has 0 radical (unpaired) electrons. The zero-order valence-electron chi connectivity index (χ0n) is 6.41. The molecule has 0 bridgehead atoms. The number of terminal acetylenes is 1. The Balaban J connectivity index is 2.34. The quantitative estimate of drug-likeness (QED) is 0.468. The second kappa shape index (κ2) is 3.74. The first-order chi connectivity index (χ1) is 5.33. The van der Waals surface area contributed by atoms with Crippen LogP contribution in [0.4, 0.5) is 0 Å². The van der Waals surface area contributed by atoms with Gasteiger partial charge in [0.05, 0.1) is 12.2 Å². The topological polar surface area (TPSA) is 42.7 Å². The van der Waals surface area contributed by atoms with E-state index in [9.17, 15) is 0 Å². The summed E-state index contributed by atoms with van der Waals surface area (Å²) in [5, 5.41) is 10.7. The number of nitrogens with zero attached hydrogens (tertiary/aromatic N) is 3. The zero-order valence-corrected chi connectivity index (χ0v) is 6.41. The van der Waals surface area contributed by atoms with Gasteiger partial charge >= 0.3 is 0 Å². The van der Waals surface area contributed by atoms with E-state index in [1.165, 1.54) is 0 Å². The van der Waals surface area contributed by atoms with Gasteiger partial charge in [-0.25, -0.2) is 0 Å². The summed E-state index contributed by atoms with van der Waals surface area (Å²) >= 11 is 0. The molecule has 0 aliphatic heterocycles. The first-order valence-corrected chi connectivity index (χ1v) is 3.32. The summed E-state index contributed by atoms with van der Waals surface area (Å²) < 4.78 is 1.66.